The Hall–Kier alpha value is -1.49. The number of rotatable bonds is 8. The first-order valence-electron chi connectivity index (χ1n) is 10.2. The van der Waals surface area contributed by atoms with Crippen molar-refractivity contribution in [2.45, 2.75) is 38.0 Å². The molecule has 3 unspecified atom stereocenters. The Kier molecular flexibility index (Phi) is 9.20. The minimum absolute atomic E-state index is 0. The van der Waals surface area contributed by atoms with Gasteiger partial charge < -0.3 is 34.2 Å². The molecule has 16 nitrogen and oxygen atoms in total. The van der Waals surface area contributed by atoms with Crippen molar-refractivity contribution in [1.29, 1.82) is 0 Å². The van der Waals surface area contributed by atoms with Gasteiger partial charge in [0.2, 0.25) is 0 Å². The van der Waals surface area contributed by atoms with E-state index >= 15 is 0 Å². The molecule has 0 aliphatic carbocycles. The van der Waals surface area contributed by atoms with E-state index in [0.29, 0.717) is 16.7 Å². The van der Waals surface area contributed by atoms with Crippen molar-refractivity contribution in [2.24, 2.45) is 0 Å². The molecule has 0 radical (unpaired) electrons. The van der Waals surface area contributed by atoms with Crippen molar-refractivity contribution in [1.82, 2.24) is 14.3 Å². The largest absolute Gasteiger partial charge is 1.00 e. The second-order valence-corrected chi connectivity index (χ2v) is 10.7. The summed E-state index contributed by atoms with van der Waals surface area (Å²) in [5.74, 6) is 0. The van der Waals surface area contributed by atoms with Crippen molar-refractivity contribution in [2.75, 3.05) is 6.61 Å². The molecule has 1 fully saturated rings. The van der Waals surface area contributed by atoms with E-state index in [9.17, 15) is 38.7 Å². The minimum Gasteiger partial charge on any atom is -0.756 e. The maximum absolute atomic E-state index is 13.1. The van der Waals surface area contributed by atoms with Crippen LogP contribution < -0.4 is 45.7 Å². The van der Waals surface area contributed by atoms with Crippen LogP contribution in [0, 0.1) is 6.92 Å². The predicted molar refractivity (Wildman–Crippen MR) is 115 cm³/mol. The van der Waals surface area contributed by atoms with E-state index < -0.39 is 58.0 Å². The molecule has 2 aromatic heterocycles. The molecule has 3 heterocycles. The summed E-state index contributed by atoms with van der Waals surface area (Å²) in [6.45, 7) is 0.545. The first-order chi connectivity index (χ1) is 16.8. The molecule has 4 rings (SSSR count). The molecule has 37 heavy (non-hydrogen) atoms. The number of aromatic nitrogens is 3. The van der Waals surface area contributed by atoms with Crippen LogP contribution in [-0.4, -0.2) is 59.2 Å². The Balaban J connectivity index is 0.00000380. The molecular weight excluding hydrogens is 551 g/mol. The normalized spacial score (nSPS) is 24.9. The van der Waals surface area contributed by atoms with Crippen LogP contribution in [0.4, 0.5) is 0 Å². The first kappa shape index (κ1) is 30.1. The van der Waals surface area contributed by atoms with Crippen LogP contribution in [0.25, 0.3) is 11.0 Å². The summed E-state index contributed by atoms with van der Waals surface area (Å²) >= 11 is 0. The molecule has 0 amide bonds. The van der Waals surface area contributed by atoms with Crippen LogP contribution in [0.2, 0.25) is 0 Å². The summed E-state index contributed by atoms with van der Waals surface area (Å²) in [5.41, 5.74) is -0.0611. The third-order valence-electron chi connectivity index (χ3n) is 5.39. The zero-order valence-electron chi connectivity index (χ0n) is 19.3. The van der Waals surface area contributed by atoms with E-state index in [1.807, 2.05) is 0 Å². The van der Waals surface area contributed by atoms with Gasteiger partial charge in [0.15, 0.2) is 11.8 Å². The number of aliphatic hydroxyl groups is 2. The molecule has 4 N–H and O–H groups in total. The number of benzene rings is 1. The SMILES string of the molecule is Cc1cccc2c(Cn3c(=O)ccn([C@@H]4O[C@H](COP(=O)(O)OP(=O)([O-])O)[C@H](O)C4O)c3=O)noc12.[Na+]. The van der Waals surface area contributed by atoms with Gasteiger partial charge in [0, 0.05) is 17.6 Å². The van der Waals surface area contributed by atoms with Crippen molar-refractivity contribution < 1.29 is 81.7 Å². The topological polar surface area (TPSA) is 236 Å². The van der Waals surface area contributed by atoms with Crippen LogP contribution in [0.15, 0.2) is 44.6 Å². The Bertz CT molecular complexity index is 1500. The zero-order chi connectivity index (χ0) is 26.4. The van der Waals surface area contributed by atoms with Crippen LogP contribution in [0.1, 0.15) is 17.5 Å². The molecule has 196 valence electrons. The van der Waals surface area contributed by atoms with Crippen LogP contribution >= 0.6 is 15.6 Å². The van der Waals surface area contributed by atoms with Crippen molar-refractivity contribution in [3.63, 3.8) is 0 Å². The number of phosphoric ester groups is 1. The summed E-state index contributed by atoms with van der Waals surface area (Å²) in [6, 6.07) is 6.28. The number of phosphoric acid groups is 2. The number of ether oxygens (including phenoxy) is 1. The van der Waals surface area contributed by atoms with Gasteiger partial charge in [0.05, 0.1) is 13.2 Å². The molecule has 1 saturated heterocycles. The number of fused-ring (bicyclic) bond motifs is 1. The number of hydrogen-bond acceptors (Lipinski definition) is 12. The fraction of sp³-hybridized carbons (Fsp3) is 0.389. The number of aryl methyl sites for hydroxylation is 1. The molecule has 0 spiro atoms. The molecule has 0 bridgehead atoms. The molecule has 19 heteroatoms. The first-order valence-corrected chi connectivity index (χ1v) is 13.2. The average Bonchev–Trinajstić information content (AvgIpc) is 3.31. The third-order valence-corrected chi connectivity index (χ3v) is 7.52. The number of nitrogens with zero attached hydrogens (tertiary/aromatic N) is 3. The molecule has 0 saturated carbocycles. The monoisotopic (exact) mass is 571 g/mol. The smallest absolute Gasteiger partial charge is 0.756 e. The van der Waals surface area contributed by atoms with Gasteiger partial charge in [-0.1, -0.05) is 17.3 Å². The second kappa shape index (κ2) is 11.3. The number of aliphatic hydroxyl groups excluding tert-OH is 2. The maximum Gasteiger partial charge on any atom is 1.00 e. The van der Waals surface area contributed by atoms with E-state index in [2.05, 4.69) is 14.0 Å². The van der Waals surface area contributed by atoms with Crippen molar-refractivity contribution >= 4 is 26.6 Å². The standard InChI is InChI=1S/C18H21N3O13P2.Na/c1-9-3-2-4-10-11(19-33-16(9)10)7-21-13(22)5-6-20(18(21)25)17-15(24)14(23)12(32-17)8-31-36(29,30)34-35(26,27)28;/h2-6,12,14-15,17,23-24H,7-8H2,1H3,(H,29,30)(H2,26,27,28);/q;+1/p-1/t12-,14+,15?,17-;/m1./s1. The Morgan fingerprint density at radius 3 is 2.54 bits per heavy atom. The van der Waals surface area contributed by atoms with Gasteiger partial charge in [-0.3, -0.25) is 23.0 Å². The van der Waals surface area contributed by atoms with Crippen molar-refractivity contribution in [3.8, 4) is 0 Å². The van der Waals surface area contributed by atoms with Crippen LogP contribution in [-0.2, 0) is 29.2 Å². The molecule has 1 aromatic carbocycles. The van der Waals surface area contributed by atoms with Crippen LogP contribution in [0.3, 0.4) is 0 Å². The van der Waals surface area contributed by atoms with Gasteiger partial charge >= 0.3 is 43.1 Å². The van der Waals surface area contributed by atoms with Gasteiger partial charge in [0.1, 0.15) is 24.0 Å². The number of para-hydroxylation sites is 1. The fourth-order valence-electron chi connectivity index (χ4n) is 3.70. The maximum atomic E-state index is 13.1. The van der Waals surface area contributed by atoms with E-state index in [4.69, 9.17) is 14.2 Å². The van der Waals surface area contributed by atoms with Gasteiger partial charge in [-0.2, -0.15) is 0 Å². The Morgan fingerprint density at radius 1 is 1.16 bits per heavy atom. The van der Waals surface area contributed by atoms with Gasteiger partial charge in [-0.05, 0) is 18.6 Å². The fourth-order valence-corrected chi connectivity index (χ4v) is 5.27. The Labute approximate surface area is 229 Å². The third kappa shape index (κ3) is 6.57. The minimum atomic E-state index is -5.63. The molecular formula is C18H20N3NaO13P2. The quantitative estimate of drug-likeness (QED) is 0.148. The summed E-state index contributed by atoms with van der Waals surface area (Å²) < 4.78 is 42.5. The van der Waals surface area contributed by atoms with Crippen molar-refractivity contribution in [3.05, 3.63) is 62.6 Å². The Morgan fingerprint density at radius 2 is 1.86 bits per heavy atom. The van der Waals surface area contributed by atoms with Gasteiger partial charge in [0.25, 0.3) is 13.4 Å². The average molecular weight is 571 g/mol. The molecule has 1 aliphatic heterocycles. The number of hydrogen-bond donors (Lipinski definition) is 4. The summed E-state index contributed by atoms with van der Waals surface area (Å²) in [4.78, 5) is 54.1. The predicted octanol–water partition coefficient (Wildman–Crippen LogP) is -4.27. The van der Waals surface area contributed by atoms with E-state index in [-0.39, 0.29) is 36.1 Å². The van der Waals surface area contributed by atoms with Crippen LogP contribution in [0.5, 0.6) is 0 Å². The van der Waals surface area contributed by atoms with Gasteiger partial charge in [-0.15, -0.1) is 0 Å². The van der Waals surface area contributed by atoms with E-state index in [1.54, 1.807) is 25.1 Å². The zero-order valence-corrected chi connectivity index (χ0v) is 23.1. The van der Waals surface area contributed by atoms with E-state index in [1.165, 1.54) is 0 Å². The van der Waals surface area contributed by atoms with Gasteiger partial charge in [-0.25, -0.2) is 13.7 Å². The summed E-state index contributed by atoms with van der Waals surface area (Å²) in [7, 11) is -10.9. The second-order valence-electron chi connectivity index (χ2n) is 7.87. The summed E-state index contributed by atoms with van der Waals surface area (Å²) in [5, 5.41) is 25.2. The molecule has 6 atom stereocenters. The van der Waals surface area contributed by atoms with E-state index in [0.717, 1.165) is 27.0 Å². The summed E-state index contributed by atoms with van der Waals surface area (Å²) in [6.07, 6.45) is -5.60. The molecule has 1 aliphatic rings. The molecule has 3 aromatic rings.